The maximum Gasteiger partial charge on any atom is 0.255 e. The Morgan fingerprint density at radius 3 is 2.08 bits per heavy atom. The van der Waals surface area contributed by atoms with E-state index in [1.54, 1.807) is 46.3 Å². The minimum atomic E-state index is -0.0587. The van der Waals surface area contributed by atoms with Gasteiger partial charge in [0.2, 0.25) is 0 Å². The van der Waals surface area contributed by atoms with Crippen LogP contribution in [-0.4, -0.2) is 66.9 Å². The van der Waals surface area contributed by atoms with Gasteiger partial charge in [0.1, 0.15) is 5.82 Å². The van der Waals surface area contributed by atoms with Crippen LogP contribution in [0.1, 0.15) is 20.7 Å². The zero-order chi connectivity index (χ0) is 18.7. The molecule has 1 aliphatic heterocycles. The van der Waals surface area contributed by atoms with Crippen molar-refractivity contribution in [3.8, 4) is 0 Å². The molecule has 2 amide bonds. The van der Waals surface area contributed by atoms with Gasteiger partial charge in [-0.1, -0.05) is 17.7 Å². The molecule has 3 rings (SSSR count). The number of halogens is 1. The van der Waals surface area contributed by atoms with Crippen molar-refractivity contribution in [2.75, 3.05) is 45.2 Å². The van der Waals surface area contributed by atoms with Crippen LogP contribution in [0, 0.1) is 0 Å². The van der Waals surface area contributed by atoms with E-state index in [0.29, 0.717) is 42.3 Å². The van der Waals surface area contributed by atoms with Gasteiger partial charge in [0.05, 0.1) is 5.56 Å². The van der Waals surface area contributed by atoms with E-state index >= 15 is 0 Å². The third kappa shape index (κ3) is 3.96. The third-order valence-corrected chi connectivity index (χ3v) is 4.61. The van der Waals surface area contributed by atoms with Crippen molar-refractivity contribution in [2.24, 2.45) is 0 Å². The average Bonchev–Trinajstić information content (AvgIpc) is 2.67. The molecule has 1 aliphatic rings. The maximum atomic E-state index is 12.6. The molecular weight excluding hydrogens is 352 g/mol. The molecule has 1 fully saturated rings. The largest absolute Gasteiger partial charge is 0.363 e. The first-order valence-electron chi connectivity index (χ1n) is 8.43. The Hall–Kier alpha value is -2.60. The van der Waals surface area contributed by atoms with Gasteiger partial charge < -0.3 is 14.7 Å². The van der Waals surface area contributed by atoms with E-state index in [4.69, 9.17) is 11.6 Å². The minimum absolute atomic E-state index is 0.0577. The van der Waals surface area contributed by atoms with Gasteiger partial charge in [-0.25, -0.2) is 4.98 Å². The lowest BCUT2D eigenvalue weighted by molar-refractivity contribution is 0.0535. The second-order valence-electron chi connectivity index (χ2n) is 6.39. The fourth-order valence-corrected chi connectivity index (χ4v) is 3.07. The molecule has 0 unspecified atom stereocenters. The molecule has 1 aromatic heterocycles. The van der Waals surface area contributed by atoms with Crippen molar-refractivity contribution in [3.05, 3.63) is 58.7 Å². The number of anilines is 1. The number of piperazine rings is 1. The summed E-state index contributed by atoms with van der Waals surface area (Å²) >= 11 is 5.96. The Balaban J connectivity index is 1.61. The van der Waals surface area contributed by atoms with Crippen LogP contribution in [0.2, 0.25) is 5.02 Å². The Morgan fingerprint density at radius 1 is 0.962 bits per heavy atom. The van der Waals surface area contributed by atoms with Gasteiger partial charge in [0.15, 0.2) is 0 Å². The monoisotopic (exact) mass is 372 g/mol. The van der Waals surface area contributed by atoms with E-state index in [9.17, 15) is 9.59 Å². The van der Waals surface area contributed by atoms with E-state index in [1.165, 1.54) is 0 Å². The average molecular weight is 373 g/mol. The van der Waals surface area contributed by atoms with Crippen LogP contribution >= 0.6 is 11.6 Å². The smallest absolute Gasteiger partial charge is 0.255 e. The minimum Gasteiger partial charge on any atom is -0.363 e. The summed E-state index contributed by atoms with van der Waals surface area (Å²) < 4.78 is 0. The Kier molecular flexibility index (Phi) is 5.42. The predicted octanol–water partition coefficient (Wildman–Crippen LogP) is 2.40. The number of hydrogen-bond acceptors (Lipinski definition) is 4. The molecule has 0 atom stereocenters. The summed E-state index contributed by atoms with van der Waals surface area (Å²) in [6.45, 7) is 2.00. The summed E-state index contributed by atoms with van der Waals surface area (Å²) in [4.78, 5) is 34.9. The van der Waals surface area contributed by atoms with Crippen LogP contribution in [0.5, 0.6) is 0 Å². The standard InChI is InChI=1S/C19H21ClN4O2/c1-22(2)17-7-6-15(13-21-17)19(26)24-10-8-23(9-11-24)18(25)14-4-3-5-16(20)12-14/h3-7,12-13H,8-11H2,1-2H3. The van der Waals surface area contributed by atoms with Crippen LogP contribution in [-0.2, 0) is 0 Å². The molecule has 2 aromatic rings. The molecule has 0 bridgehead atoms. The summed E-state index contributed by atoms with van der Waals surface area (Å²) in [5, 5.41) is 0.540. The van der Waals surface area contributed by atoms with Crippen molar-refractivity contribution < 1.29 is 9.59 Å². The molecule has 136 valence electrons. The molecule has 0 spiro atoms. The lowest BCUT2D eigenvalue weighted by Crippen LogP contribution is -2.50. The van der Waals surface area contributed by atoms with Crippen molar-refractivity contribution in [3.63, 3.8) is 0 Å². The van der Waals surface area contributed by atoms with Crippen LogP contribution in [0.15, 0.2) is 42.6 Å². The first-order chi connectivity index (χ1) is 12.5. The number of carbonyl (C=O) groups excluding carboxylic acids is 2. The van der Waals surface area contributed by atoms with Gasteiger partial charge in [0.25, 0.3) is 11.8 Å². The van der Waals surface area contributed by atoms with Crippen molar-refractivity contribution >= 4 is 29.2 Å². The fourth-order valence-electron chi connectivity index (χ4n) is 2.88. The van der Waals surface area contributed by atoms with E-state index in [1.807, 2.05) is 25.1 Å². The number of nitrogens with zero attached hydrogens (tertiary/aromatic N) is 4. The molecule has 0 aliphatic carbocycles. The zero-order valence-electron chi connectivity index (χ0n) is 14.9. The van der Waals surface area contributed by atoms with E-state index in [0.717, 1.165) is 5.82 Å². The first kappa shape index (κ1) is 18.2. The molecule has 2 heterocycles. The molecule has 6 nitrogen and oxygen atoms in total. The van der Waals surface area contributed by atoms with E-state index in [-0.39, 0.29) is 11.8 Å². The van der Waals surface area contributed by atoms with Gasteiger partial charge in [-0.15, -0.1) is 0 Å². The van der Waals surface area contributed by atoms with E-state index < -0.39 is 0 Å². The third-order valence-electron chi connectivity index (χ3n) is 4.38. The molecule has 1 saturated heterocycles. The van der Waals surface area contributed by atoms with Gasteiger partial charge in [-0.3, -0.25) is 9.59 Å². The van der Waals surface area contributed by atoms with Crippen molar-refractivity contribution in [1.82, 2.24) is 14.8 Å². The Labute approximate surface area is 158 Å². The number of rotatable bonds is 3. The van der Waals surface area contributed by atoms with Crippen LogP contribution in [0.3, 0.4) is 0 Å². The summed E-state index contributed by atoms with van der Waals surface area (Å²) in [6.07, 6.45) is 1.60. The number of benzene rings is 1. The van der Waals surface area contributed by atoms with E-state index in [2.05, 4.69) is 4.98 Å². The SMILES string of the molecule is CN(C)c1ccc(C(=O)N2CCN(C(=O)c3cccc(Cl)c3)CC2)cn1. The number of amides is 2. The normalized spacial score (nSPS) is 14.3. The van der Waals surface area contributed by atoms with Crippen LogP contribution in [0.4, 0.5) is 5.82 Å². The Bertz CT molecular complexity index is 799. The lowest BCUT2D eigenvalue weighted by atomic mass is 10.1. The van der Waals surface area contributed by atoms with Crippen LogP contribution < -0.4 is 4.90 Å². The fraction of sp³-hybridized carbons (Fsp3) is 0.316. The number of aromatic nitrogens is 1. The topological polar surface area (TPSA) is 56.8 Å². The number of pyridine rings is 1. The number of carbonyl (C=O) groups is 2. The molecule has 1 aromatic carbocycles. The molecular formula is C19H21ClN4O2. The van der Waals surface area contributed by atoms with Crippen molar-refractivity contribution in [2.45, 2.75) is 0 Å². The second kappa shape index (κ2) is 7.74. The van der Waals surface area contributed by atoms with Gasteiger partial charge >= 0.3 is 0 Å². The number of hydrogen-bond donors (Lipinski definition) is 0. The molecule has 0 radical (unpaired) electrons. The van der Waals surface area contributed by atoms with Gasteiger partial charge in [0, 0.05) is 57.1 Å². The first-order valence-corrected chi connectivity index (χ1v) is 8.81. The lowest BCUT2D eigenvalue weighted by Gasteiger charge is -2.34. The highest BCUT2D eigenvalue weighted by molar-refractivity contribution is 6.30. The highest BCUT2D eigenvalue weighted by Crippen LogP contribution is 2.16. The zero-order valence-corrected chi connectivity index (χ0v) is 15.6. The highest BCUT2D eigenvalue weighted by Gasteiger charge is 2.25. The maximum absolute atomic E-state index is 12.6. The summed E-state index contributed by atoms with van der Waals surface area (Å²) in [7, 11) is 3.81. The summed E-state index contributed by atoms with van der Waals surface area (Å²) in [5.41, 5.74) is 1.13. The molecule has 26 heavy (non-hydrogen) atoms. The molecule has 0 saturated carbocycles. The van der Waals surface area contributed by atoms with Gasteiger partial charge in [-0.2, -0.15) is 0 Å². The highest BCUT2D eigenvalue weighted by atomic mass is 35.5. The predicted molar refractivity (Wildman–Crippen MR) is 102 cm³/mol. The quantitative estimate of drug-likeness (QED) is 0.830. The second-order valence-corrected chi connectivity index (χ2v) is 6.83. The Morgan fingerprint density at radius 2 is 1.58 bits per heavy atom. The summed E-state index contributed by atoms with van der Waals surface area (Å²) in [5.74, 6) is 0.688. The van der Waals surface area contributed by atoms with Crippen LogP contribution in [0.25, 0.3) is 0 Å². The van der Waals surface area contributed by atoms with Gasteiger partial charge in [-0.05, 0) is 30.3 Å². The molecule has 7 heteroatoms. The van der Waals surface area contributed by atoms with Crippen molar-refractivity contribution in [1.29, 1.82) is 0 Å². The summed E-state index contributed by atoms with van der Waals surface area (Å²) in [6, 6.07) is 10.5. The molecule has 0 N–H and O–H groups in total.